The minimum absolute atomic E-state index is 0.0346. The molecule has 182 valence electrons. The minimum Gasteiger partial charge on any atom is -0.462 e. The van der Waals surface area contributed by atoms with Crippen LogP contribution in [0.4, 0.5) is 5.69 Å². The largest absolute Gasteiger partial charge is 0.462 e. The van der Waals surface area contributed by atoms with Gasteiger partial charge in [-0.3, -0.25) is 14.5 Å². The Morgan fingerprint density at radius 2 is 1.75 bits per heavy atom. The summed E-state index contributed by atoms with van der Waals surface area (Å²) in [6.45, 7) is 4.30. The van der Waals surface area contributed by atoms with E-state index in [2.05, 4.69) is 15.9 Å². The van der Waals surface area contributed by atoms with Crippen LogP contribution in [0.2, 0.25) is 0 Å². The molecule has 1 amide bonds. The third kappa shape index (κ3) is 4.24. The summed E-state index contributed by atoms with van der Waals surface area (Å²) in [5, 5.41) is 0.440. The standard InChI is InChI=1S/C29H24BrNO5/c1-3-4-15-35-29(34)19-8-12-21(13-9-19)31-25(18-6-10-20(30)11-7-18)24-26(32)22-16-17(2)5-14-23(22)36-27(24)28(31)33/h5-14,16,25H,3-4,15H2,1-2H3. The first kappa shape index (κ1) is 24.0. The first-order valence-corrected chi connectivity index (χ1v) is 12.6. The fourth-order valence-electron chi connectivity index (χ4n) is 4.46. The van der Waals surface area contributed by atoms with Crippen molar-refractivity contribution in [1.82, 2.24) is 0 Å². The van der Waals surface area contributed by atoms with Gasteiger partial charge in [0.25, 0.3) is 5.91 Å². The Hall–Kier alpha value is -3.71. The normalized spacial score (nSPS) is 14.8. The van der Waals surface area contributed by atoms with Crippen LogP contribution >= 0.6 is 15.9 Å². The zero-order valence-electron chi connectivity index (χ0n) is 19.9. The Bertz CT molecular complexity index is 1520. The molecule has 1 aliphatic rings. The molecule has 4 aromatic rings. The predicted octanol–water partition coefficient (Wildman–Crippen LogP) is 6.57. The molecule has 0 spiro atoms. The third-order valence-corrected chi connectivity index (χ3v) is 6.85. The molecule has 36 heavy (non-hydrogen) atoms. The number of halogens is 1. The molecule has 0 radical (unpaired) electrons. The lowest BCUT2D eigenvalue weighted by molar-refractivity contribution is 0.0499. The number of hydrogen-bond acceptors (Lipinski definition) is 5. The summed E-state index contributed by atoms with van der Waals surface area (Å²) < 4.78 is 12.2. The lowest BCUT2D eigenvalue weighted by atomic mass is 9.98. The lowest BCUT2D eigenvalue weighted by Crippen LogP contribution is -2.29. The van der Waals surface area contributed by atoms with Crippen LogP contribution in [0.25, 0.3) is 11.0 Å². The molecule has 2 heterocycles. The van der Waals surface area contributed by atoms with E-state index in [4.69, 9.17) is 9.15 Å². The topological polar surface area (TPSA) is 76.8 Å². The highest BCUT2D eigenvalue weighted by molar-refractivity contribution is 9.10. The molecule has 1 aromatic heterocycles. The zero-order valence-corrected chi connectivity index (χ0v) is 21.5. The van der Waals surface area contributed by atoms with Gasteiger partial charge in [0.15, 0.2) is 5.43 Å². The summed E-state index contributed by atoms with van der Waals surface area (Å²) >= 11 is 3.45. The van der Waals surface area contributed by atoms with E-state index >= 15 is 0 Å². The van der Waals surface area contributed by atoms with Gasteiger partial charge in [-0.2, -0.15) is 0 Å². The van der Waals surface area contributed by atoms with Gasteiger partial charge in [-0.15, -0.1) is 0 Å². The Kier molecular flexibility index (Phi) is 6.49. The van der Waals surface area contributed by atoms with Crippen molar-refractivity contribution in [3.05, 3.63) is 109 Å². The van der Waals surface area contributed by atoms with Crippen LogP contribution in [-0.4, -0.2) is 18.5 Å². The quantitative estimate of drug-likeness (QED) is 0.202. The lowest BCUT2D eigenvalue weighted by Gasteiger charge is -2.25. The molecule has 0 aliphatic carbocycles. The SMILES string of the molecule is CCCCOC(=O)c1ccc(N2C(=O)c3oc4ccc(C)cc4c(=O)c3C2c2ccc(Br)cc2)cc1. The van der Waals surface area contributed by atoms with Crippen LogP contribution in [0.5, 0.6) is 0 Å². The number of nitrogens with zero attached hydrogens (tertiary/aromatic N) is 1. The fourth-order valence-corrected chi connectivity index (χ4v) is 4.73. The maximum Gasteiger partial charge on any atom is 0.338 e. The van der Waals surface area contributed by atoms with E-state index in [0.717, 1.165) is 28.4 Å². The number of carbonyl (C=O) groups is 2. The molecule has 5 rings (SSSR count). The highest BCUT2D eigenvalue weighted by atomic mass is 79.9. The Labute approximate surface area is 216 Å². The number of anilines is 1. The van der Waals surface area contributed by atoms with Gasteiger partial charge < -0.3 is 9.15 Å². The molecule has 1 atom stereocenters. The monoisotopic (exact) mass is 545 g/mol. The number of aryl methyl sites for hydroxylation is 1. The molecule has 0 fully saturated rings. The van der Waals surface area contributed by atoms with Gasteiger partial charge in [0.05, 0.1) is 29.2 Å². The molecule has 3 aromatic carbocycles. The van der Waals surface area contributed by atoms with Crippen LogP contribution in [0, 0.1) is 6.92 Å². The van der Waals surface area contributed by atoms with Crippen LogP contribution < -0.4 is 10.3 Å². The smallest absolute Gasteiger partial charge is 0.338 e. The number of fused-ring (bicyclic) bond motifs is 2. The summed E-state index contributed by atoms with van der Waals surface area (Å²) in [4.78, 5) is 41.3. The van der Waals surface area contributed by atoms with Crippen molar-refractivity contribution in [3.8, 4) is 0 Å². The summed E-state index contributed by atoms with van der Waals surface area (Å²) in [5.41, 5.74) is 3.10. The number of benzene rings is 3. The van der Waals surface area contributed by atoms with Crippen molar-refractivity contribution < 1.29 is 18.7 Å². The maximum atomic E-state index is 13.7. The van der Waals surface area contributed by atoms with Gasteiger partial charge in [-0.05, 0) is 67.4 Å². The molecule has 0 saturated carbocycles. The molecular weight excluding hydrogens is 522 g/mol. The van der Waals surface area contributed by atoms with Gasteiger partial charge in [0, 0.05) is 10.2 Å². The minimum atomic E-state index is -0.677. The van der Waals surface area contributed by atoms with Crippen molar-refractivity contribution in [3.63, 3.8) is 0 Å². The Balaban J connectivity index is 1.62. The van der Waals surface area contributed by atoms with E-state index < -0.39 is 17.9 Å². The number of rotatable bonds is 6. The van der Waals surface area contributed by atoms with Crippen LogP contribution in [0.15, 0.2) is 80.4 Å². The van der Waals surface area contributed by atoms with Crippen LogP contribution in [0.3, 0.4) is 0 Å². The second kappa shape index (κ2) is 9.74. The van der Waals surface area contributed by atoms with E-state index in [-0.39, 0.29) is 11.2 Å². The number of ether oxygens (including phenoxy) is 1. The van der Waals surface area contributed by atoms with E-state index in [1.54, 1.807) is 41.3 Å². The van der Waals surface area contributed by atoms with Gasteiger partial charge in [0.2, 0.25) is 5.76 Å². The van der Waals surface area contributed by atoms with Crippen molar-refractivity contribution in [2.75, 3.05) is 11.5 Å². The average molecular weight is 546 g/mol. The number of esters is 1. The van der Waals surface area contributed by atoms with Crippen LogP contribution in [0.1, 0.15) is 63.4 Å². The first-order valence-electron chi connectivity index (χ1n) is 11.8. The Morgan fingerprint density at radius 1 is 1.03 bits per heavy atom. The van der Waals surface area contributed by atoms with Gasteiger partial charge >= 0.3 is 5.97 Å². The second-order valence-corrected chi connectivity index (χ2v) is 9.75. The molecule has 0 bridgehead atoms. The number of unbranched alkanes of at least 4 members (excludes halogenated alkanes) is 1. The van der Waals surface area contributed by atoms with E-state index in [9.17, 15) is 14.4 Å². The third-order valence-electron chi connectivity index (χ3n) is 6.32. The van der Waals surface area contributed by atoms with E-state index in [1.165, 1.54) is 0 Å². The zero-order chi connectivity index (χ0) is 25.4. The number of hydrogen-bond donors (Lipinski definition) is 0. The number of amides is 1. The first-order chi connectivity index (χ1) is 17.4. The maximum absolute atomic E-state index is 13.7. The van der Waals surface area contributed by atoms with Gasteiger partial charge in [0.1, 0.15) is 5.58 Å². The molecule has 6 nitrogen and oxygen atoms in total. The summed E-state index contributed by atoms with van der Waals surface area (Å²) in [6, 6.07) is 18.8. The molecule has 7 heteroatoms. The van der Waals surface area contributed by atoms with E-state index in [1.807, 2.05) is 44.2 Å². The van der Waals surface area contributed by atoms with Crippen molar-refractivity contribution in [1.29, 1.82) is 0 Å². The average Bonchev–Trinajstić information content (AvgIpc) is 3.17. The van der Waals surface area contributed by atoms with Gasteiger partial charge in [-0.25, -0.2) is 4.79 Å². The Morgan fingerprint density at radius 3 is 2.44 bits per heavy atom. The van der Waals surface area contributed by atoms with Gasteiger partial charge in [-0.1, -0.05) is 53.0 Å². The number of carbonyl (C=O) groups excluding carboxylic acids is 2. The molecule has 0 saturated heterocycles. The highest BCUT2D eigenvalue weighted by Crippen LogP contribution is 2.41. The second-order valence-electron chi connectivity index (χ2n) is 8.84. The molecule has 0 N–H and O–H groups in total. The predicted molar refractivity (Wildman–Crippen MR) is 142 cm³/mol. The summed E-state index contributed by atoms with van der Waals surface area (Å²) in [6.07, 6.45) is 1.73. The highest BCUT2D eigenvalue weighted by Gasteiger charge is 2.43. The van der Waals surface area contributed by atoms with Crippen molar-refractivity contribution >= 4 is 44.5 Å². The van der Waals surface area contributed by atoms with Crippen molar-refractivity contribution in [2.45, 2.75) is 32.7 Å². The van der Waals surface area contributed by atoms with Crippen LogP contribution in [-0.2, 0) is 4.74 Å². The molecular formula is C29H24BrNO5. The molecule has 1 unspecified atom stereocenters. The van der Waals surface area contributed by atoms with Crippen molar-refractivity contribution in [2.24, 2.45) is 0 Å². The van der Waals surface area contributed by atoms with E-state index in [0.29, 0.717) is 34.4 Å². The summed E-state index contributed by atoms with van der Waals surface area (Å²) in [5.74, 6) is -0.781. The summed E-state index contributed by atoms with van der Waals surface area (Å²) in [7, 11) is 0. The fraction of sp³-hybridized carbons (Fsp3) is 0.207. The molecule has 1 aliphatic heterocycles.